The van der Waals surface area contributed by atoms with Gasteiger partial charge in [-0.1, -0.05) is 34.7 Å². The van der Waals surface area contributed by atoms with E-state index in [0.29, 0.717) is 12.3 Å². The lowest BCUT2D eigenvalue weighted by Crippen LogP contribution is -2.27. The molecule has 0 saturated heterocycles. The number of rotatable bonds is 7. The first-order valence-corrected chi connectivity index (χ1v) is 9.26. The molecule has 0 aliphatic carbocycles. The Morgan fingerprint density at radius 1 is 1.43 bits per heavy atom. The maximum atomic E-state index is 12.1. The largest absolute Gasteiger partial charge is 0.360 e. The lowest BCUT2D eigenvalue weighted by molar-refractivity contribution is -0.127. The average molecular weight is 363 g/mol. The van der Waals surface area contributed by atoms with E-state index in [1.807, 2.05) is 19.1 Å². The molecule has 0 bridgehead atoms. The lowest BCUT2D eigenvalue weighted by Gasteiger charge is -2.15. The zero-order valence-corrected chi connectivity index (χ0v) is 14.8. The van der Waals surface area contributed by atoms with Crippen molar-refractivity contribution in [1.29, 1.82) is 0 Å². The second-order valence-corrected chi connectivity index (χ2v) is 8.15. The van der Waals surface area contributed by atoms with Crippen molar-refractivity contribution in [2.75, 3.05) is 24.7 Å². The minimum absolute atomic E-state index is 0.0599. The molecule has 0 saturated carbocycles. The van der Waals surface area contributed by atoms with E-state index in [4.69, 9.17) is 11.6 Å². The molecule has 0 fully saturated rings. The Labute approximate surface area is 140 Å². The second kappa shape index (κ2) is 7.98. The fourth-order valence-corrected chi connectivity index (χ4v) is 4.38. The van der Waals surface area contributed by atoms with Crippen LogP contribution < -0.4 is 5.32 Å². The van der Waals surface area contributed by atoms with Gasteiger partial charge in [-0.05, 0) is 19.1 Å². The van der Waals surface area contributed by atoms with E-state index < -0.39 is 0 Å². The molecule has 1 N–H and O–H groups in total. The van der Waals surface area contributed by atoms with Crippen LogP contribution in [0.1, 0.15) is 11.8 Å². The number of carbonyl (C=O) groups is 1. The third-order valence-electron chi connectivity index (χ3n) is 2.50. The number of thiophene rings is 1. The van der Waals surface area contributed by atoms with Crippen molar-refractivity contribution in [3.63, 3.8) is 0 Å². The van der Waals surface area contributed by atoms with Crippen LogP contribution in [0.2, 0.25) is 4.34 Å². The van der Waals surface area contributed by atoms with Crippen LogP contribution in [-0.2, 0) is 11.3 Å². The summed E-state index contributed by atoms with van der Waals surface area (Å²) in [6, 6.07) is 3.79. The van der Waals surface area contributed by atoms with Crippen molar-refractivity contribution in [1.82, 2.24) is 15.1 Å². The van der Waals surface area contributed by atoms with Gasteiger partial charge in [0.25, 0.3) is 0 Å². The third kappa shape index (κ3) is 5.14. The van der Waals surface area contributed by atoms with Gasteiger partial charge in [-0.25, -0.2) is 0 Å². The van der Waals surface area contributed by atoms with Gasteiger partial charge in [0, 0.05) is 18.5 Å². The zero-order chi connectivity index (χ0) is 15.2. The fourth-order valence-electron chi connectivity index (χ4n) is 1.48. The summed E-state index contributed by atoms with van der Waals surface area (Å²) in [5.74, 6) is 0.417. The first-order valence-electron chi connectivity index (χ1n) is 6.27. The van der Waals surface area contributed by atoms with Gasteiger partial charge in [-0.3, -0.25) is 4.79 Å². The van der Waals surface area contributed by atoms with Crippen LogP contribution in [0.25, 0.3) is 0 Å². The zero-order valence-electron chi connectivity index (χ0n) is 11.6. The molecule has 2 heterocycles. The van der Waals surface area contributed by atoms with Gasteiger partial charge in [0.15, 0.2) is 4.34 Å². The van der Waals surface area contributed by atoms with Crippen LogP contribution in [0.3, 0.4) is 0 Å². The molecular weight excluding hydrogens is 348 g/mol. The molecule has 5 nitrogen and oxygen atoms in total. The van der Waals surface area contributed by atoms with Crippen molar-refractivity contribution in [2.24, 2.45) is 0 Å². The highest BCUT2D eigenvalue weighted by Gasteiger charge is 2.13. The summed E-state index contributed by atoms with van der Waals surface area (Å²) >= 11 is 10.2. The van der Waals surface area contributed by atoms with Gasteiger partial charge in [0.2, 0.25) is 11.0 Å². The molecule has 0 atom stereocenters. The molecule has 21 heavy (non-hydrogen) atoms. The third-order valence-corrected chi connectivity index (χ3v) is 5.72. The summed E-state index contributed by atoms with van der Waals surface area (Å²) in [6.45, 7) is 3.39. The molecule has 0 spiro atoms. The summed E-state index contributed by atoms with van der Waals surface area (Å²) < 4.78 is 1.54. The predicted molar refractivity (Wildman–Crippen MR) is 90.6 cm³/mol. The van der Waals surface area contributed by atoms with Gasteiger partial charge in [-0.15, -0.1) is 21.5 Å². The number of hydrogen-bond acceptors (Lipinski definition) is 7. The Morgan fingerprint density at radius 3 is 2.90 bits per heavy atom. The average Bonchev–Trinajstić information content (AvgIpc) is 3.06. The van der Waals surface area contributed by atoms with Crippen LogP contribution in [0.15, 0.2) is 16.5 Å². The van der Waals surface area contributed by atoms with Gasteiger partial charge >= 0.3 is 0 Å². The molecule has 9 heteroatoms. The summed E-state index contributed by atoms with van der Waals surface area (Å²) in [6.07, 6.45) is 0. The summed E-state index contributed by atoms with van der Waals surface area (Å²) in [4.78, 5) is 14.8. The predicted octanol–water partition coefficient (Wildman–Crippen LogP) is 3.44. The van der Waals surface area contributed by atoms with E-state index in [1.165, 1.54) is 34.4 Å². The lowest BCUT2D eigenvalue weighted by atomic mass is 10.4. The van der Waals surface area contributed by atoms with Gasteiger partial charge in [0.1, 0.15) is 0 Å². The van der Waals surface area contributed by atoms with E-state index in [9.17, 15) is 4.79 Å². The Morgan fingerprint density at radius 2 is 2.24 bits per heavy atom. The highest BCUT2D eigenvalue weighted by Crippen LogP contribution is 2.26. The number of nitrogens with zero attached hydrogens (tertiary/aromatic N) is 3. The molecular formula is C12H15ClN4OS3. The van der Waals surface area contributed by atoms with Crippen molar-refractivity contribution in [3.05, 3.63) is 21.3 Å². The smallest absolute Gasteiger partial charge is 0.233 e. The number of thioether (sulfide) groups is 1. The number of hydrogen-bond donors (Lipinski definition) is 1. The minimum atomic E-state index is 0.0599. The summed E-state index contributed by atoms with van der Waals surface area (Å²) in [7, 11) is 1.79. The topological polar surface area (TPSA) is 58.1 Å². The van der Waals surface area contributed by atoms with Crippen LogP contribution in [0, 0.1) is 0 Å². The van der Waals surface area contributed by atoms with Crippen molar-refractivity contribution >= 4 is 57.1 Å². The Balaban J connectivity index is 1.80. The van der Waals surface area contributed by atoms with Crippen LogP contribution >= 0.6 is 46.0 Å². The number of carbonyl (C=O) groups excluding carboxylic acids is 1. The van der Waals surface area contributed by atoms with Crippen molar-refractivity contribution < 1.29 is 4.79 Å². The highest BCUT2D eigenvalue weighted by atomic mass is 35.5. The molecule has 114 valence electrons. The Bertz CT molecular complexity index is 601. The molecule has 0 aliphatic rings. The fraction of sp³-hybridized carbons (Fsp3) is 0.417. The number of nitrogens with one attached hydrogen (secondary N) is 1. The second-order valence-electron chi connectivity index (χ2n) is 4.15. The molecule has 0 aliphatic heterocycles. The molecule has 1 amide bonds. The standard InChI is InChI=1S/C12H15ClN4OS3/c1-3-14-11-15-16-12(21-11)19-7-10(18)17(2)6-8-4-5-9(13)20-8/h4-5H,3,6-7H2,1-2H3,(H,14,15). The first-order chi connectivity index (χ1) is 10.1. The summed E-state index contributed by atoms with van der Waals surface area (Å²) in [5.41, 5.74) is 0. The van der Waals surface area contributed by atoms with E-state index >= 15 is 0 Å². The first kappa shape index (κ1) is 16.5. The molecule has 2 rings (SSSR count). The number of anilines is 1. The van der Waals surface area contributed by atoms with Gasteiger partial charge < -0.3 is 10.2 Å². The number of aromatic nitrogens is 2. The van der Waals surface area contributed by atoms with E-state index in [1.54, 1.807) is 11.9 Å². The van der Waals surface area contributed by atoms with Crippen LogP contribution in [0.4, 0.5) is 5.13 Å². The number of amides is 1. The van der Waals surface area contributed by atoms with Crippen molar-refractivity contribution in [3.8, 4) is 0 Å². The molecule has 2 aromatic rings. The SMILES string of the molecule is CCNc1nnc(SCC(=O)N(C)Cc2ccc(Cl)s2)s1. The van der Waals surface area contributed by atoms with E-state index in [2.05, 4.69) is 15.5 Å². The van der Waals surface area contributed by atoms with E-state index in [-0.39, 0.29) is 5.91 Å². The maximum absolute atomic E-state index is 12.1. The normalized spacial score (nSPS) is 10.6. The maximum Gasteiger partial charge on any atom is 0.233 e. The van der Waals surface area contributed by atoms with Crippen molar-refractivity contribution in [2.45, 2.75) is 17.8 Å². The van der Waals surface area contributed by atoms with Crippen LogP contribution in [0.5, 0.6) is 0 Å². The summed E-state index contributed by atoms with van der Waals surface area (Å²) in [5, 5.41) is 11.9. The molecule has 2 aromatic heterocycles. The Kier molecular flexibility index (Phi) is 6.28. The van der Waals surface area contributed by atoms with Gasteiger partial charge in [-0.2, -0.15) is 0 Å². The van der Waals surface area contributed by atoms with Crippen LogP contribution in [-0.4, -0.2) is 40.3 Å². The highest BCUT2D eigenvalue weighted by molar-refractivity contribution is 8.01. The quantitative estimate of drug-likeness (QED) is 0.764. The number of halogens is 1. The molecule has 0 unspecified atom stereocenters. The molecule has 0 aromatic carbocycles. The minimum Gasteiger partial charge on any atom is -0.360 e. The monoisotopic (exact) mass is 362 g/mol. The van der Waals surface area contributed by atoms with E-state index in [0.717, 1.165) is 25.2 Å². The Hall–Kier alpha value is -0.830. The molecule has 0 radical (unpaired) electrons. The van der Waals surface area contributed by atoms with Gasteiger partial charge in [0.05, 0.1) is 16.6 Å².